The van der Waals surface area contributed by atoms with Crippen LogP contribution in [-0.2, 0) is 11.2 Å². The van der Waals surface area contributed by atoms with Gasteiger partial charge in [0, 0.05) is 25.5 Å². The van der Waals surface area contributed by atoms with Crippen molar-refractivity contribution in [2.75, 3.05) is 6.54 Å². The molecule has 0 aliphatic carbocycles. The van der Waals surface area contributed by atoms with E-state index in [9.17, 15) is 4.79 Å². The molecule has 118 valence electrons. The van der Waals surface area contributed by atoms with Crippen LogP contribution in [0.1, 0.15) is 43.2 Å². The monoisotopic (exact) mass is 300 g/mol. The first-order valence-corrected chi connectivity index (χ1v) is 7.80. The van der Waals surface area contributed by atoms with Crippen molar-refractivity contribution in [3.63, 3.8) is 0 Å². The highest BCUT2D eigenvalue weighted by Crippen LogP contribution is 2.27. The fraction of sp³-hybridized carbons (Fsp3) is 0.444. The predicted octanol–water partition coefficient (Wildman–Crippen LogP) is 3.47. The average molecular weight is 300 g/mol. The van der Waals surface area contributed by atoms with Crippen molar-refractivity contribution in [2.24, 2.45) is 5.92 Å². The smallest absolute Gasteiger partial charge is 0.220 e. The lowest BCUT2D eigenvalue weighted by Crippen LogP contribution is -2.28. The molecule has 4 nitrogen and oxygen atoms in total. The molecule has 0 aliphatic heterocycles. The molecule has 0 spiro atoms. The molecule has 1 heterocycles. The first-order valence-electron chi connectivity index (χ1n) is 7.80. The van der Waals surface area contributed by atoms with Crippen LogP contribution in [0.3, 0.4) is 0 Å². The number of aryl methyl sites for hydroxylation is 1. The van der Waals surface area contributed by atoms with Crippen molar-refractivity contribution in [3.8, 4) is 0 Å². The molecule has 0 saturated heterocycles. The van der Waals surface area contributed by atoms with Crippen LogP contribution in [0.25, 0.3) is 0 Å². The molecule has 2 rings (SSSR count). The molecule has 1 amide bonds. The minimum Gasteiger partial charge on any atom is -0.361 e. The Bertz CT molecular complexity index is 590. The zero-order valence-corrected chi connectivity index (χ0v) is 13.5. The Hall–Kier alpha value is -2.10. The fourth-order valence-electron chi connectivity index (χ4n) is 2.58. The number of nitrogens with zero attached hydrogens (tertiary/aromatic N) is 1. The third-order valence-corrected chi connectivity index (χ3v) is 3.82. The van der Waals surface area contributed by atoms with E-state index in [0.717, 1.165) is 11.5 Å². The third kappa shape index (κ3) is 4.72. The summed E-state index contributed by atoms with van der Waals surface area (Å²) in [4.78, 5) is 12.2. The van der Waals surface area contributed by atoms with Gasteiger partial charge in [-0.25, -0.2) is 0 Å². The molecule has 1 atom stereocenters. The van der Waals surface area contributed by atoms with E-state index in [0.29, 0.717) is 25.3 Å². The summed E-state index contributed by atoms with van der Waals surface area (Å²) >= 11 is 0. The molecule has 0 fully saturated rings. The summed E-state index contributed by atoms with van der Waals surface area (Å²) in [5.74, 6) is 1.55. The van der Waals surface area contributed by atoms with Crippen LogP contribution in [0.15, 0.2) is 40.9 Å². The number of nitrogens with one attached hydrogen (secondary N) is 1. The Morgan fingerprint density at radius 2 is 2.00 bits per heavy atom. The van der Waals surface area contributed by atoms with Crippen molar-refractivity contribution in [2.45, 2.75) is 39.5 Å². The van der Waals surface area contributed by atoms with E-state index in [1.165, 1.54) is 5.56 Å². The zero-order valence-electron chi connectivity index (χ0n) is 13.5. The minimum atomic E-state index is 0.0859. The summed E-state index contributed by atoms with van der Waals surface area (Å²) < 4.78 is 5.01. The van der Waals surface area contributed by atoms with E-state index in [1.807, 2.05) is 31.2 Å². The second kappa shape index (κ2) is 7.78. The number of hydrogen-bond donors (Lipinski definition) is 1. The third-order valence-electron chi connectivity index (χ3n) is 3.82. The Morgan fingerprint density at radius 1 is 1.27 bits per heavy atom. The lowest BCUT2D eigenvalue weighted by atomic mass is 9.85. The van der Waals surface area contributed by atoms with Crippen molar-refractivity contribution < 1.29 is 9.32 Å². The first-order chi connectivity index (χ1) is 10.6. The van der Waals surface area contributed by atoms with Crippen molar-refractivity contribution in [3.05, 3.63) is 53.4 Å². The van der Waals surface area contributed by atoms with Gasteiger partial charge in [-0.2, -0.15) is 0 Å². The quantitative estimate of drug-likeness (QED) is 0.852. The molecule has 0 aliphatic rings. The van der Waals surface area contributed by atoms with Gasteiger partial charge in [0.05, 0.1) is 5.69 Å². The molecule has 0 bridgehead atoms. The highest BCUT2D eigenvalue weighted by atomic mass is 16.5. The minimum absolute atomic E-state index is 0.0859. The summed E-state index contributed by atoms with van der Waals surface area (Å²) in [5.41, 5.74) is 2.10. The van der Waals surface area contributed by atoms with E-state index in [4.69, 9.17) is 4.52 Å². The van der Waals surface area contributed by atoms with Crippen LogP contribution in [-0.4, -0.2) is 17.6 Å². The zero-order chi connectivity index (χ0) is 15.9. The maximum atomic E-state index is 12.2. The number of carbonyl (C=O) groups excluding carboxylic acids is 1. The molecule has 22 heavy (non-hydrogen) atoms. The predicted molar refractivity (Wildman–Crippen MR) is 86.6 cm³/mol. The van der Waals surface area contributed by atoms with Gasteiger partial charge in [0.15, 0.2) is 0 Å². The van der Waals surface area contributed by atoms with E-state index in [1.54, 1.807) is 0 Å². The number of carbonyl (C=O) groups is 1. The highest BCUT2D eigenvalue weighted by molar-refractivity contribution is 5.76. The Labute approximate surface area is 131 Å². The standard InChI is InChI=1S/C18H24N2O2/c1-13(2)17(15-7-5-4-6-8-15)12-18(21)19-10-9-16-11-14(3)22-20-16/h4-8,11,13,17H,9-10,12H2,1-3H3,(H,19,21). The van der Waals surface area contributed by atoms with Gasteiger partial charge in [0.2, 0.25) is 5.91 Å². The van der Waals surface area contributed by atoms with Gasteiger partial charge in [-0.3, -0.25) is 4.79 Å². The lowest BCUT2D eigenvalue weighted by Gasteiger charge is -2.20. The molecule has 2 aromatic rings. The molecular weight excluding hydrogens is 276 g/mol. The normalized spacial score (nSPS) is 12.4. The first kappa shape index (κ1) is 16.3. The summed E-state index contributed by atoms with van der Waals surface area (Å²) in [6.07, 6.45) is 1.21. The van der Waals surface area contributed by atoms with E-state index < -0.39 is 0 Å². The molecule has 1 N–H and O–H groups in total. The van der Waals surface area contributed by atoms with Gasteiger partial charge in [-0.1, -0.05) is 49.3 Å². The highest BCUT2D eigenvalue weighted by Gasteiger charge is 2.19. The topological polar surface area (TPSA) is 55.1 Å². The van der Waals surface area contributed by atoms with Crippen LogP contribution in [0.5, 0.6) is 0 Å². The van der Waals surface area contributed by atoms with Gasteiger partial charge in [0.25, 0.3) is 0 Å². The summed E-state index contributed by atoms with van der Waals surface area (Å²) in [5, 5.41) is 6.90. The Kier molecular flexibility index (Phi) is 5.75. The van der Waals surface area contributed by atoms with E-state index in [-0.39, 0.29) is 11.8 Å². The number of rotatable bonds is 7. The SMILES string of the molecule is Cc1cc(CCNC(=O)CC(c2ccccc2)C(C)C)no1. The molecule has 0 saturated carbocycles. The lowest BCUT2D eigenvalue weighted by molar-refractivity contribution is -0.121. The van der Waals surface area contributed by atoms with E-state index >= 15 is 0 Å². The number of aromatic nitrogens is 1. The number of benzene rings is 1. The van der Waals surface area contributed by atoms with Crippen molar-refractivity contribution in [1.82, 2.24) is 10.5 Å². The van der Waals surface area contributed by atoms with Crippen molar-refractivity contribution >= 4 is 5.91 Å². The van der Waals surface area contributed by atoms with Gasteiger partial charge >= 0.3 is 0 Å². The Balaban J connectivity index is 1.84. The Morgan fingerprint density at radius 3 is 2.59 bits per heavy atom. The molecule has 4 heteroatoms. The van der Waals surface area contributed by atoms with Crippen LogP contribution < -0.4 is 5.32 Å². The molecule has 1 unspecified atom stereocenters. The largest absolute Gasteiger partial charge is 0.361 e. The second-order valence-corrected chi connectivity index (χ2v) is 5.99. The molecule has 1 aromatic carbocycles. The molecule has 0 radical (unpaired) electrons. The van der Waals surface area contributed by atoms with Crippen LogP contribution in [0.2, 0.25) is 0 Å². The van der Waals surface area contributed by atoms with Crippen molar-refractivity contribution in [1.29, 1.82) is 0 Å². The summed E-state index contributed by atoms with van der Waals surface area (Å²) in [7, 11) is 0. The average Bonchev–Trinajstić information content (AvgIpc) is 2.91. The maximum absolute atomic E-state index is 12.2. The molecular formula is C18H24N2O2. The maximum Gasteiger partial charge on any atom is 0.220 e. The number of amides is 1. The van der Waals surface area contributed by atoms with Crippen LogP contribution in [0.4, 0.5) is 0 Å². The summed E-state index contributed by atoms with van der Waals surface area (Å²) in [6, 6.07) is 12.1. The van der Waals surface area contributed by atoms with Crippen LogP contribution >= 0.6 is 0 Å². The number of hydrogen-bond acceptors (Lipinski definition) is 3. The van der Waals surface area contributed by atoms with E-state index in [2.05, 4.69) is 36.5 Å². The van der Waals surface area contributed by atoms with Gasteiger partial charge in [0.1, 0.15) is 5.76 Å². The van der Waals surface area contributed by atoms with Crippen LogP contribution in [0, 0.1) is 12.8 Å². The van der Waals surface area contributed by atoms with Gasteiger partial charge < -0.3 is 9.84 Å². The molecule has 1 aromatic heterocycles. The fourth-order valence-corrected chi connectivity index (χ4v) is 2.58. The second-order valence-electron chi connectivity index (χ2n) is 5.99. The summed E-state index contributed by atoms with van der Waals surface area (Å²) in [6.45, 7) is 6.76. The van der Waals surface area contributed by atoms with Gasteiger partial charge in [-0.15, -0.1) is 0 Å². The van der Waals surface area contributed by atoms with Gasteiger partial charge in [-0.05, 0) is 24.3 Å².